The van der Waals surface area contributed by atoms with Gasteiger partial charge in [0.15, 0.2) is 0 Å². The van der Waals surface area contributed by atoms with Crippen LogP contribution in [-0.2, 0) is 22.4 Å². The Morgan fingerprint density at radius 2 is 2.07 bits per heavy atom. The lowest BCUT2D eigenvalue weighted by Gasteiger charge is -2.18. The van der Waals surface area contributed by atoms with Crippen molar-refractivity contribution in [1.29, 1.82) is 0 Å². The number of fused-ring (bicyclic) bond motifs is 1. The van der Waals surface area contributed by atoms with E-state index in [1.807, 2.05) is 31.2 Å². The molecule has 6 heteroatoms. The van der Waals surface area contributed by atoms with Crippen LogP contribution in [0.3, 0.4) is 0 Å². The van der Waals surface area contributed by atoms with Crippen LogP contribution in [0.4, 0.5) is 5.00 Å². The molecule has 0 saturated heterocycles. The average molecular weight is 462 g/mol. The lowest BCUT2D eigenvalue weighted by atomic mass is 9.88. The molecule has 1 aliphatic rings. The largest absolute Gasteiger partial charge is 0.462 e. The van der Waals surface area contributed by atoms with Crippen molar-refractivity contribution in [1.82, 2.24) is 0 Å². The highest BCUT2D eigenvalue weighted by Crippen LogP contribution is 2.40. The molecular weight excluding hydrogens is 438 g/mol. The van der Waals surface area contributed by atoms with Gasteiger partial charge in [0.05, 0.1) is 12.2 Å². The normalized spacial score (nSPS) is 16.0. The second-order valence-corrected chi connectivity index (χ2v) is 9.09. The van der Waals surface area contributed by atoms with Crippen molar-refractivity contribution in [2.45, 2.75) is 39.5 Å². The number of carbonyl (C=O) groups excluding carboxylic acids is 2. The SMILES string of the molecule is CCCOC(=O)c1c(NC(=O)/C=C/c2ccc(Br)cc2)sc2c1CCC(C)C2. The number of amides is 1. The van der Waals surface area contributed by atoms with Crippen molar-refractivity contribution in [2.24, 2.45) is 5.92 Å². The number of hydrogen-bond acceptors (Lipinski definition) is 4. The Morgan fingerprint density at radius 3 is 2.79 bits per heavy atom. The van der Waals surface area contributed by atoms with E-state index < -0.39 is 0 Å². The molecule has 0 aliphatic heterocycles. The molecule has 1 aliphatic carbocycles. The van der Waals surface area contributed by atoms with E-state index in [1.54, 1.807) is 6.08 Å². The van der Waals surface area contributed by atoms with E-state index in [2.05, 4.69) is 28.2 Å². The third-order valence-electron chi connectivity index (χ3n) is 4.69. The molecule has 0 radical (unpaired) electrons. The molecular formula is C22H24BrNO3S. The van der Waals surface area contributed by atoms with Crippen LogP contribution in [0, 0.1) is 5.92 Å². The second-order valence-electron chi connectivity index (χ2n) is 7.07. The first-order valence-electron chi connectivity index (χ1n) is 9.54. The zero-order chi connectivity index (χ0) is 20.1. The van der Waals surface area contributed by atoms with Gasteiger partial charge in [0, 0.05) is 15.4 Å². The molecule has 0 saturated carbocycles. The first kappa shape index (κ1) is 20.8. The Labute approximate surface area is 178 Å². The van der Waals surface area contributed by atoms with E-state index in [9.17, 15) is 9.59 Å². The Bertz CT molecular complexity index is 886. The zero-order valence-corrected chi connectivity index (χ0v) is 18.5. The number of rotatable bonds is 6. The van der Waals surface area contributed by atoms with E-state index in [0.29, 0.717) is 23.1 Å². The Kier molecular flexibility index (Phi) is 7.08. The van der Waals surface area contributed by atoms with Crippen molar-refractivity contribution >= 4 is 50.2 Å². The van der Waals surface area contributed by atoms with Gasteiger partial charge in [0.2, 0.25) is 5.91 Å². The predicted octanol–water partition coefficient (Wildman–Crippen LogP) is 5.85. The van der Waals surface area contributed by atoms with Gasteiger partial charge in [-0.05, 0) is 60.9 Å². The Balaban J connectivity index is 1.80. The molecule has 28 heavy (non-hydrogen) atoms. The highest BCUT2D eigenvalue weighted by Gasteiger charge is 2.28. The first-order chi connectivity index (χ1) is 13.5. The standard InChI is InChI=1S/C22H24BrNO3S/c1-3-12-27-22(26)20-17-10-4-14(2)13-18(17)28-21(20)24-19(25)11-7-15-5-8-16(23)9-6-15/h5-9,11,14H,3-4,10,12-13H2,1-2H3,(H,24,25)/b11-7+. The summed E-state index contributed by atoms with van der Waals surface area (Å²) in [4.78, 5) is 26.3. The quantitative estimate of drug-likeness (QED) is 0.433. The summed E-state index contributed by atoms with van der Waals surface area (Å²) in [5.41, 5.74) is 2.53. The van der Waals surface area contributed by atoms with Gasteiger partial charge in [0.1, 0.15) is 5.00 Å². The van der Waals surface area contributed by atoms with Crippen LogP contribution in [-0.4, -0.2) is 18.5 Å². The number of thiophene rings is 1. The summed E-state index contributed by atoms with van der Waals surface area (Å²) in [6.45, 7) is 4.57. The van der Waals surface area contributed by atoms with Gasteiger partial charge in [-0.15, -0.1) is 11.3 Å². The minimum atomic E-state index is -0.332. The molecule has 2 aromatic rings. The van der Waals surface area contributed by atoms with Crippen molar-refractivity contribution in [3.8, 4) is 0 Å². The van der Waals surface area contributed by atoms with Gasteiger partial charge < -0.3 is 10.1 Å². The molecule has 0 fully saturated rings. The minimum Gasteiger partial charge on any atom is -0.462 e. The van der Waals surface area contributed by atoms with Gasteiger partial charge in [-0.1, -0.05) is 41.9 Å². The van der Waals surface area contributed by atoms with E-state index in [-0.39, 0.29) is 11.9 Å². The van der Waals surface area contributed by atoms with Crippen LogP contribution in [0.5, 0.6) is 0 Å². The summed E-state index contributed by atoms with van der Waals surface area (Å²) in [5, 5.41) is 3.51. The minimum absolute atomic E-state index is 0.251. The second kappa shape index (κ2) is 9.52. The molecule has 1 unspecified atom stereocenters. The van der Waals surface area contributed by atoms with Crippen LogP contribution in [0.25, 0.3) is 6.08 Å². The highest BCUT2D eigenvalue weighted by atomic mass is 79.9. The summed E-state index contributed by atoms with van der Waals surface area (Å²) >= 11 is 4.90. The fourth-order valence-electron chi connectivity index (χ4n) is 3.22. The van der Waals surface area contributed by atoms with Crippen molar-refractivity contribution < 1.29 is 14.3 Å². The highest BCUT2D eigenvalue weighted by molar-refractivity contribution is 9.10. The van der Waals surface area contributed by atoms with Crippen LogP contribution in [0.1, 0.15) is 53.1 Å². The Morgan fingerprint density at radius 1 is 1.32 bits per heavy atom. The van der Waals surface area contributed by atoms with Gasteiger partial charge in [0.25, 0.3) is 0 Å². The van der Waals surface area contributed by atoms with Gasteiger partial charge in [-0.2, -0.15) is 0 Å². The molecule has 4 nitrogen and oxygen atoms in total. The maximum absolute atomic E-state index is 12.6. The summed E-state index contributed by atoms with van der Waals surface area (Å²) in [7, 11) is 0. The number of ether oxygens (including phenoxy) is 1. The molecule has 1 atom stereocenters. The van der Waals surface area contributed by atoms with E-state index in [1.165, 1.54) is 22.3 Å². The van der Waals surface area contributed by atoms with E-state index in [4.69, 9.17) is 4.74 Å². The lowest BCUT2D eigenvalue weighted by molar-refractivity contribution is -0.111. The summed E-state index contributed by atoms with van der Waals surface area (Å²) in [6, 6.07) is 7.70. The topological polar surface area (TPSA) is 55.4 Å². The number of anilines is 1. The fraction of sp³-hybridized carbons (Fsp3) is 0.364. The molecule has 1 aromatic carbocycles. The summed E-state index contributed by atoms with van der Waals surface area (Å²) in [6.07, 6.45) is 6.87. The average Bonchev–Trinajstić information content (AvgIpc) is 3.02. The van der Waals surface area contributed by atoms with Gasteiger partial charge >= 0.3 is 5.97 Å². The third-order valence-corrected chi connectivity index (χ3v) is 6.39. The van der Waals surface area contributed by atoms with Crippen molar-refractivity contribution in [2.75, 3.05) is 11.9 Å². The van der Waals surface area contributed by atoms with Crippen LogP contribution >= 0.6 is 27.3 Å². The molecule has 1 amide bonds. The predicted molar refractivity (Wildman–Crippen MR) is 118 cm³/mol. The maximum atomic E-state index is 12.6. The first-order valence-corrected chi connectivity index (χ1v) is 11.1. The number of benzene rings is 1. The molecule has 1 aromatic heterocycles. The molecule has 1 heterocycles. The van der Waals surface area contributed by atoms with Crippen LogP contribution in [0.15, 0.2) is 34.8 Å². The summed E-state index contributed by atoms with van der Waals surface area (Å²) < 4.78 is 6.37. The summed E-state index contributed by atoms with van der Waals surface area (Å²) in [5.74, 6) is 0.00621. The van der Waals surface area contributed by atoms with Crippen molar-refractivity contribution in [3.05, 3.63) is 56.4 Å². The maximum Gasteiger partial charge on any atom is 0.341 e. The number of esters is 1. The Hall–Kier alpha value is -1.92. The zero-order valence-electron chi connectivity index (χ0n) is 16.1. The van der Waals surface area contributed by atoms with Gasteiger partial charge in [-0.3, -0.25) is 4.79 Å². The molecule has 148 valence electrons. The number of hydrogen-bond donors (Lipinski definition) is 1. The van der Waals surface area contributed by atoms with Crippen molar-refractivity contribution in [3.63, 3.8) is 0 Å². The smallest absolute Gasteiger partial charge is 0.341 e. The van der Waals surface area contributed by atoms with Crippen LogP contribution < -0.4 is 5.32 Å². The number of carbonyl (C=O) groups is 2. The molecule has 3 rings (SSSR count). The van der Waals surface area contributed by atoms with E-state index in [0.717, 1.165) is 41.3 Å². The molecule has 0 bridgehead atoms. The van der Waals surface area contributed by atoms with E-state index >= 15 is 0 Å². The lowest BCUT2D eigenvalue weighted by Crippen LogP contribution is -2.16. The monoisotopic (exact) mass is 461 g/mol. The molecule has 0 spiro atoms. The van der Waals surface area contributed by atoms with Gasteiger partial charge in [-0.25, -0.2) is 4.79 Å². The third kappa shape index (κ3) is 5.11. The number of halogens is 1. The van der Waals surface area contributed by atoms with Crippen LogP contribution in [0.2, 0.25) is 0 Å². The fourth-order valence-corrected chi connectivity index (χ4v) is 4.89. The number of nitrogens with one attached hydrogen (secondary N) is 1. The molecule has 1 N–H and O–H groups in total.